The van der Waals surface area contributed by atoms with Gasteiger partial charge in [0.1, 0.15) is 6.10 Å². The topological polar surface area (TPSA) is 35.5 Å². The van der Waals surface area contributed by atoms with Gasteiger partial charge in [-0.05, 0) is 56.7 Å². The monoisotopic (exact) mass is 402 g/mol. The molecule has 156 valence electrons. The summed E-state index contributed by atoms with van der Waals surface area (Å²) in [6.45, 7) is 18.8. The van der Waals surface area contributed by atoms with Crippen LogP contribution in [0, 0.1) is 23.7 Å². The Hall–Kier alpha value is -1.57. The van der Waals surface area contributed by atoms with Crippen LogP contribution in [0.25, 0.3) is 0 Å². The molecule has 3 nitrogen and oxygen atoms in total. The van der Waals surface area contributed by atoms with Gasteiger partial charge in [-0.1, -0.05) is 57.1 Å². The molecule has 1 aliphatic carbocycles. The van der Waals surface area contributed by atoms with Gasteiger partial charge >= 0.3 is 5.97 Å². The third kappa shape index (κ3) is 8.62. The number of hydrogen-bond donors (Lipinski definition) is 0. The van der Waals surface area contributed by atoms with Gasteiger partial charge in [0.2, 0.25) is 0 Å². The minimum absolute atomic E-state index is 0.106. The average molecular weight is 403 g/mol. The van der Waals surface area contributed by atoms with E-state index in [-0.39, 0.29) is 17.2 Å². The fraction of sp³-hybridized carbons (Fsp3) is 0.625. The van der Waals surface area contributed by atoms with Gasteiger partial charge in [-0.25, -0.2) is 4.79 Å². The lowest BCUT2D eigenvalue weighted by atomic mass is 10.1. The summed E-state index contributed by atoms with van der Waals surface area (Å²) in [5.41, 5.74) is 0. The summed E-state index contributed by atoms with van der Waals surface area (Å²) in [6.07, 6.45) is 12.2. The number of carbonyl (C=O) groups excluding carboxylic acids is 1. The van der Waals surface area contributed by atoms with E-state index in [9.17, 15) is 4.79 Å². The molecule has 0 N–H and O–H groups in total. The van der Waals surface area contributed by atoms with Crippen LogP contribution in [0.4, 0.5) is 0 Å². The van der Waals surface area contributed by atoms with Crippen molar-refractivity contribution < 1.29 is 14.0 Å². The first-order valence-corrected chi connectivity index (χ1v) is 13.2. The minimum Gasteiger partial charge on any atom is -0.453 e. The standard InChI is InChI=1S/C24H38O3Si/c1-9-11-12-14-22(27-28(7,8)24(4,5)6)15-13-16-23(25)26-19(3)17-21-18-20(21)10-2/h9-12,14,19-22H,2,15,17-18H2,1,3-8H3/t19-,20+,21+,22?/m1/s1. The van der Waals surface area contributed by atoms with Gasteiger partial charge in [-0.15, -0.1) is 6.58 Å². The van der Waals surface area contributed by atoms with Gasteiger partial charge in [0.25, 0.3) is 0 Å². The van der Waals surface area contributed by atoms with E-state index in [0.717, 1.165) is 12.8 Å². The predicted octanol–water partition coefficient (Wildman–Crippen LogP) is 6.05. The number of allylic oxidation sites excluding steroid dienone is 4. The zero-order chi connectivity index (χ0) is 21.4. The minimum atomic E-state index is -1.92. The largest absolute Gasteiger partial charge is 0.453 e. The Morgan fingerprint density at radius 1 is 1.32 bits per heavy atom. The third-order valence-electron chi connectivity index (χ3n) is 5.60. The van der Waals surface area contributed by atoms with Gasteiger partial charge in [0.15, 0.2) is 8.32 Å². The molecule has 1 unspecified atom stereocenters. The molecule has 0 aliphatic heterocycles. The molecule has 0 aromatic carbocycles. The molecule has 0 aromatic rings. The lowest BCUT2D eigenvalue weighted by molar-refractivity contribution is -0.141. The number of ether oxygens (including phenoxy) is 1. The highest BCUT2D eigenvalue weighted by atomic mass is 28.4. The van der Waals surface area contributed by atoms with Gasteiger partial charge < -0.3 is 9.16 Å². The van der Waals surface area contributed by atoms with Crippen LogP contribution in [0.3, 0.4) is 0 Å². The predicted molar refractivity (Wildman–Crippen MR) is 120 cm³/mol. The van der Waals surface area contributed by atoms with Crippen molar-refractivity contribution in [1.29, 1.82) is 0 Å². The lowest BCUT2D eigenvalue weighted by Gasteiger charge is -2.38. The molecule has 1 fully saturated rings. The molecule has 28 heavy (non-hydrogen) atoms. The molecule has 0 spiro atoms. The molecule has 1 saturated carbocycles. The second kappa shape index (κ2) is 10.8. The second-order valence-corrected chi connectivity index (χ2v) is 13.9. The number of hydrogen-bond acceptors (Lipinski definition) is 3. The Morgan fingerprint density at radius 2 is 2.00 bits per heavy atom. The van der Waals surface area contributed by atoms with Crippen molar-refractivity contribution in [1.82, 2.24) is 0 Å². The molecule has 4 heteroatoms. The fourth-order valence-electron chi connectivity index (χ4n) is 2.74. The van der Waals surface area contributed by atoms with Crippen LogP contribution in [0.1, 0.15) is 53.9 Å². The van der Waals surface area contributed by atoms with E-state index in [1.807, 2.05) is 44.2 Å². The van der Waals surface area contributed by atoms with Crippen molar-refractivity contribution in [2.24, 2.45) is 11.8 Å². The van der Waals surface area contributed by atoms with E-state index in [0.29, 0.717) is 18.3 Å². The van der Waals surface area contributed by atoms with E-state index in [1.54, 1.807) is 0 Å². The Bertz CT molecular complexity index is 643. The summed E-state index contributed by atoms with van der Waals surface area (Å²) < 4.78 is 11.9. The Balaban J connectivity index is 2.61. The van der Waals surface area contributed by atoms with E-state index >= 15 is 0 Å². The SMILES string of the molecule is C=C[C@H]1C[C@@H]1C[C@@H](C)OC(=O)C#CCC(C=CC=CC)O[Si](C)(C)C(C)(C)C. The van der Waals surface area contributed by atoms with Crippen molar-refractivity contribution in [3.8, 4) is 11.8 Å². The molecular weight excluding hydrogens is 364 g/mol. The molecule has 1 aliphatic rings. The quantitative estimate of drug-likeness (QED) is 0.118. The van der Waals surface area contributed by atoms with Crippen LogP contribution in [-0.2, 0) is 14.0 Å². The van der Waals surface area contributed by atoms with Crippen molar-refractivity contribution in [3.05, 3.63) is 37.0 Å². The Kier molecular flexibility index (Phi) is 9.46. The number of esters is 1. The van der Waals surface area contributed by atoms with Crippen LogP contribution in [0.15, 0.2) is 37.0 Å². The molecule has 0 bridgehead atoms. The summed E-state index contributed by atoms with van der Waals surface area (Å²) >= 11 is 0. The number of carbonyl (C=O) groups is 1. The van der Waals surface area contributed by atoms with Crippen LogP contribution in [-0.4, -0.2) is 26.5 Å². The van der Waals surface area contributed by atoms with E-state index in [4.69, 9.17) is 9.16 Å². The maximum Gasteiger partial charge on any atom is 0.384 e. The molecular formula is C24H38O3Si. The van der Waals surface area contributed by atoms with E-state index in [2.05, 4.69) is 52.3 Å². The first-order chi connectivity index (χ1) is 13.0. The summed E-state index contributed by atoms with van der Waals surface area (Å²) in [5.74, 6) is 6.33. The summed E-state index contributed by atoms with van der Waals surface area (Å²) in [5, 5.41) is 0.119. The lowest BCUT2D eigenvalue weighted by Crippen LogP contribution is -2.43. The smallest absolute Gasteiger partial charge is 0.384 e. The highest BCUT2D eigenvalue weighted by Crippen LogP contribution is 2.43. The maximum atomic E-state index is 12.0. The Labute approximate surface area is 173 Å². The molecule has 1 rings (SSSR count). The highest BCUT2D eigenvalue weighted by Gasteiger charge is 2.38. The first-order valence-electron chi connectivity index (χ1n) is 10.3. The zero-order valence-electron chi connectivity index (χ0n) is 18.7. The van der Waals surface area contributed by atoms with Crippen molar-refractivity contribution >= 4 is 14.3 Å². The highest BCUT2D eigenvalue weighted by molar-refractivity contribution is 6.74. The molecule has 0 saturated heterocycles. The number of rotatable bonds is 9. The van der Waals surface area contributed by atoms with E-state index < -0.39 is 14.3 Å². The maximum absolute atomic E-state index is 12.0. The van der Waals surface area contributed by atoms with Crippen LogP contribution >= 0.6 is 0 Å². The zero-order valence-corrected chi connectivity index (χ0v) is 19.7. The summed E-state index contributed by atoms with van der Waals surface area (Å²) in [6, 6.07) is 0. The molecule has 0 heterocycles. The molecule has 4 atom stereocenters. The molecule has 0 aromatic heterocycles. The summed E-state index contributed by atoms with van der Waals surface area (Å²) in [4.78, 5) is 12.0. The van der Waals surface area contributed by atoms with Crippen LogP contribution in [0.2, 0.25) is 18.1 Å². The van der Waals surface area contributed by atoms with Gasteiger partial charge in [-0.3, -0.25) is 0 Å². The van der Waals surface area contributed by atoms with E-state index in [1.165, 1.54) is 0 Å². The van der Waals surface area contributed by atoms with Gasteiger partial charge in [0.05, 0.1) is 6.10 Å². The first kappa shape index (κ1) is 24.5. The van der Waals surface area contributed by atoms with Gasteiger partial charge in [-0.2, -0.15) is 0 Å². The normalized spacial score (nSPS) is 21.8. The van der Waals surface area contributed by atoms with Crippen LogP contribution in [0.5, 0.6) is 0 Å². The average Bonchev–Trinajstić information content (AvgIpc) is 3.31. The van der Waals surface area contributed by atoms with Crippen molar-refractivity contribution in [2.75, 3.05) is 0 Å². The second-order valence-electron chi connectivity index (χ2n) is 9.18. The van der Waals surface area contributed by atoms with Gasteiger partial charge in [0, 0.05) is 12.3 Å². The van der Waals surface area contributed by atoms with Crippen LogP contribution < -0.4 is 0 Å². The Morgan fingerprint density at radius 3 is 2.54 bits per heavy atom. The fourth-order valence-corrected chi connectivity index (χ4v) is 4.02. The third-order valence-corrected chi connectivity index (χ3v) is 10.1. The molecule has 0 radical (unpaired) electrons. The van der Waals surface area contributed by atoms with Crippen molar-refractivity contribution in [2.45, 2.75) is 84.2 Å². The molecule has 0 amide bonds. The summed E-state index contributed by atoms with van der Waals surface area (Å²) in [7, 11) is -1.92. The van der Waals surface area contributed by atoms with Crippen molar-refractivity contribution in [3.63, 3.8) is 0 Å².